The van der Waals surface area contributed by atoms with Crippen LogP contribution in [0.2, 0.25) is 0 Å². The van der Waals surface area contributed by atoms with Gasteiger partial charge in [0.1, 0.15) is 6.04 Å². The van der Waals surface area contributed by atoms with Crippen LogP contribution in [0.15, 0.2) is 47.1 Å². The number of amides is 2. The largest absolute Gasteiger partial charge is 0.459 e. The molecule has 0 aliphatic carbocycles. The predicted octanol–water partition coefficient (Wildman–Crippen LogP) is 3.40. The highest BCUT2D eigenvalue weighted by atomic mass is 16.3. The second-order valence-corrected chi connectivity index (χ2v) is 7.23. The molecule has 26 heavy (non-hydrogen) atoms. The smallest absolute Gasteiger partial charge is 0.290 e. The van der Waals surface area contributed by atoms with Gasteiger partial charge >= 0.3 is 0 Å². The molecule has 1 N–H and O–H groups in total. The Bertz CT molecular complexity index is 752. The van der Waals surface area contributed by atoms with E-state index in [2.05, 4.69) is 19.2 Å². The zero-order valence-electron chi connectivity index (χ0n) is 15.4. The summed E-state index contributed by atoms with van der Waals surface area (Å²) in [5.41, 5.74) is 2.20. The quantitative estimate of drug-likeness (QED) is 0.809. The van der Waals surface area contributed by atoms with Crippen molar-refractivity contribution >= 4 is 11.8 Å². The highest BCUT2D eigenvalue weighted by molar-refractivity contribution is 5.96. The van der Waals surface area contributed by atoms with Crippen LogP contribution in [0, 0.1) is 5.92 Å². The van der Waals surface area contributed by atoms with Crippen molar-refractivity contribution in [3.63, 3.8) is 0 Å². The maximum absolute atomic E-state index is 12.9. The van der Waals surface area contributed by atoms with E-state index >= 15 is 0 Å². The molecule has 5 nitrogen and oxygen atoms in total. The molecule has 1 aliphatic heterocycles. The van der Waals surface area contributed by atoms with Crippen molar-refractivity contribution in [1.82, 2.24) is 10.2 Å². The second kappa shape index (κ2) is 8.21. The summed E-state index contributed by atoms with van der Waals surface area (Å²) in [6, 6.07) is 10.8. The van der Waals surface area contributed by atoms with Crippen LogP contribution >= 0.6 is 0 Å². The first-order valence-electron chi connectivity index (χ1n) is 9.25. The van der Waals surface area contributed by atoms with Gasteiger partial charge in [-0.3, -0.25) is 9.59 Å². The fourth-order valence-corrected chi connectivity index (χ4v) is 3.35. The maximum Gasteiger partial charge on any atom is 0.290 e. The van der Waals surface area contributed by atoms with Gasteiger partial charge in [0.15, 0.2) is 5.76 Å². The van der Waals surface area contributed by atoms with Gasteiger partial charge in [-0.05, 0) is 42.0 Å². The molecule has 0 spiro atoms. The van der Waals surface area contributed by atoms with Crippen molar-refractivity contribution < 1.29 is 14.0 Å². The molecule has 0 bridgehead atoms. The molecule has 2 amide bonds. The molecular weight excluding hydrogens is 328 g/mol. The van der Waals surface area contributed by atoms with Crippen LogP contribution < -0.4 is 5.32 Å². The number of hydrogen-bond donors (Lipinski definition) is 1. The molecule has 138 valence electrons. The van der Waals surface area contributed by atoms with E-state index < -0.39 is 6.04 Å². The van der Waals surface area contributed by atoms with Crippen LogP contribution in [0.5, 0.6) is 0 Å². The zero-order valence-corrected chi connectivity index (χ0v) is 15.4. The van der Waals surface area contributed by atoms with E-state index in [-0.39, 0.29) is 17.6 Å². The predicted molar refractivity (Wildman–Crippen MR) is 99.6 cm³/mol. The average Bonchev–Trinajstić information content (AvgIpc) is 3.18. The molecule has 0 saturated carbocycles. The Morgan fingerprint density at radius 2 is 1.96 bits per heavy atom. The third-order valence-corrected chi connectivity index (χ3v) is 4.80. The molecule has 1 aromatic heterocycles. The molecule has 1 aliphatic rings. The van der Waals surface area contributed by atoms with Crippen LogP contribution in [0.4, 0.5) is 0 Å². The first-order valence-corrected chi connectivity index (χ1v) is 9.25. The molecule has 0 saturated heterocycles. The molecule has 2 heterocycles. The molecule has 1 atom stereocenters. The first-order chi connectivity index (χ1) is 12.6. The summed E-state index contributed by atoms with van der Waals surface area (Å²) in [5.74, 6) is 0.544. The molecule has 1 unspecified atom stereocenters. The lowest BCUT2D eigenvalue weighted by molar-refractivity contribution is -0.126. The summed E-state index contributed by atoms with van der Waals surface area (Å²) >= 11 is 0. The number of rotatable bonds is 6. The third kappa shape index (κ3) is 4.15. The fourth-order valence-electron chi connectivity index (χ4n) is 3.35. The number of benzene rings is 1. The SMILES string of the molecule is CC(C)CCCNC(=O)C1Cc2ccccc2CN1C(=O)c1ccco1. The van der Waals surface area contributed by atoms with E-state index in [0.29, 0.717) is 25.4 Å². The van der Waals surface area contributed by atoms with Crippen LogP contribution in [-0.4, -0.2) is 29.3 Å². The van der Waals surface area contributed by atoms with E-state index in [1.165, 1.54) is 6.26 Å². The lowest BCUT2D eigenvalue weighted by Crippen LogP contribution is -2.52. The van der Waals surface area contributed by atoms with Gasteiger partial charge in [0.25, 0.3) is 5.91 Å². The summed E-state index contributed by atoms with van der Waals surface area (Å²) in [6.07, 6.45) is 4.02. The fraction of sp³-hybridized carbons (Fsp3) is 0.429. The Morgan fingerprint density at radius 1 is 1.19 bits per heavy atom. The minimum atomic E-state index is -0.512. The van der Waals surface area contributed by atoms with Gasteiger partial charge in [-0.1, -0.05) is 38.1 Å². The Labute approximate surface area is 154 Å². The van der Waals surface area contributed by atoms with Crippen molar-refractivity contribution in [3.8, 4) is 0 Å². The highest BCUT2D eigenvalue weighted by Crippen LogP contribution is 2.25. The average molecular weight is 354 g/mol. The number of fused-ring (bicyclic) bond motifs is 1. The molecule has 3 rings (SSSR count). The lowest BCUT2D eigenvalue weighted by Gasteiger charge is -2.35. The van der Waals surface area contributed by atoms with Gasteiger partial charge in [0, 0.05) is 19.5 Å². The number of carbonyl (C=O) groups is 2. The normalized spacial score (nSPS) is 16.4. The van der Waals surface area contributed by atoms with Crippen molar-refractivity contribution in [2.45, 2.75) is 45.7 Å². The minimum absolute atomic E-state index is 0.0943. The summed E-state index contributed by atoms with van der Waals surface area (Å²) in [4.78, 5) is 27.3. The van der Waals surface area contributed by atoms with Gasteiger partial charge in [0.2, 0.25) is 5.91 Å². The molecule has 5 heteroatoms. The zero-order chi connectivity index (χ0) is 18.5. The molecule has 1 aromatic carbocycles. The summed E-state index contributed by atoms with van der Waals surface area (Å²) in [5, 5.41) is 3.01. The van der Waals surface area contributed by atoms with E-state index in [1.54, 1.807) is 17.0 Å². The standard InChI is InChI=1S/C21H26N2O3/c1-15(2)7-5-11-22-20(24)18-13-16-8-3-4-9-17(16)14-23(18)21(25)19-10-6-12-26-19/h3-4,6,8-10,12,15,18H,5,7,11,13-14H2,1-2H3,(H,22,24). The third-order valence-electron chi connectivity index (χ3n) is 4.80. The van der Waals surface area contributed by atoms with Gasteiger partial charge in [-0.2, -0.15) is 0 Å². The van der Waals surface area contributed by atoms with Crippen molar-refractivity contribution in [2.75, 3.05) is 6.54 Å². The second-order valence-electron chi connectivity index (χ2n) is 7.23. The lowest BCUT2D eigenvalue weighted by atomic mass is 9.93. The minimum Gasteiger partial charge on any atom is -0.459 e. The van der Waals surface area contributed by atoms with Gasteiger partial charge in [-0.15, -0.1) is 0 Å². The number of nitrogens with zero attached hydrogens (tertiary/aromatic N) is 1. The maximum atomic E-state index is 12.9. The molecule has 0 fully saturated rings. The van der Waals surface area contributed by atoms with E-state index in [0.717, 1.165) is 24.0 Å². The van der Waals surface area contributed by atoms with Gasteiger partial charge in [0.05, 0.1) is 6.26 Å². The summed E-state index contributed by atoms with van der Waals surface area (Å²) in [7, 11) is 0. The van der Waals surface area contributed by atoms with Crippen molar-refractivity contribution in [1.29, 1.82) is 0 Å². The Balaban J connectivity index is 1.75. The van der Waals surface area contributed by atoms with E-state index in [9.17, 15) is 9.59 Å². The number of nitrogens with one attached hydrogen (secondary N) is 1. The summed E-state index contributed by atoms with van der Waals surface area (Å²) < 4.78 is 5.27. The van der Waals surface area contributed by atoms with E-state index in [1.807, 2.05) is 24.3 Å². The van der Waals surface area contributed by atoms with E-state index in [4.69, 9.17) is 4.42 Å². The molecule has 0 radical (unpaired) electrons. The Kier molecular flexibility index (Phi) is 5.76. The number of furan rings is 1. The summed E-state index contributed by atoms with van der Waals surface area (Å²) in [6.45, 7) is 5.39. The van der Waals surface area contributed by atoms with Gasteiger partial charge in [-0.25, -0.2) is 0 Å². The monoisotopic (exact) mass is 354 g/mol. The molecule has 2 aromatic rings. The van der Waals surface area contributed by atoms with Crippen LogP contribution in [0.1, 0.15) is 48.4 Å². The van der Waals surface area contributed by atoms with Crippen molar-refractivity contribution in [3.05, 3.63) is 59.5 Å². The Hall–Kier alpha value is -2.56. The van der Waals surface area contributed by atoms with Crippen LogP contribution in [-0.2, 0) is 17.8 Å². The highest BCUT2D eigenvalue weighted by Gasteiger charge is 2.35. The number of carbonyl (C=O) groups excluding carboxylic acids is 2. The van der Waals surface area contributed by atoms with Crippen molar-refractivity contribution in [2.24, 2.45) is 5.92 Å². The van der Waals surface area contributed by atoms with Gasteiger partial charge < -0.3 is 14.6 Å². The topological polar surface area (TPSA) is 62.6 Å². The number of hydrogen-bond acceptors (Lipinski definition) is 3. The Morgan fingerprint density at radius 3 is 2.65 bits per heavy atom. The van der Waals surface area contributed by atoms with Crippen LogP contribution in [0.25, 0.3) is 0 Å². The first kappa shape index (κ1) is 18.2. The van der Waals surface area contributed by atoms with Crippen LogP contribution in [0.3, 0.4) is 0 Å². The molecular formula is C21H26N2O3.